The summed E-state index contributed by atoms with van der Waals surface area (Å²) in [6.45, 7) is 0. The molecule has 126 valence electrons. The number of para-hydroxylation sites is 1. The van der Waals surface area contributed by atoms with E-state index in [0.29, 0.717) is 5.69 Å². The topological polar surface area (TPSA) is 76.8 Å². The van der Waals surface area contributed by atoms with Gasteiger partial charge in [-0.1, -0.05) is 18.2 Å². The molecule has 0 aliphatic rings. The summed E-state index contributed by atoms with van der Waals surface area (Å²) >= 11 is 2.84. The van der Waals surface area contributed by atoms with Crippen LogP contribution in [0.4, 0.5) is 24.5 Å². The van der Waals surface area contributed by atoms with Crippen LogP contribution in [0.3, 0.4) is 0 Å². The Morgan fingerprint density at radius 2 is 1.92 bits per heavy atom. The minimum atomic E-state index is -5.04. The van der Waals surface area contributed by atoms with Crippen LogP contribution in [0.1, 0.15) is 5.56 Å². The molecule has 0 saturated carbocycles. The van der Waals surface area contributed by atoms with Crippen LogP contribution in [-0.2, 0) is 0 Å². The Labute approximate surface area is 142 Å². The fourth-order valence-electron chi connectivity index (χ4n) is 1.72. The normalized spacial score (nSPS) is 11.5. The average molecular weight is 404 g/mol. The molecule has 0 aliphatic carbocycles. The van der Waals surface area contributed by atoms with Crippen molar-refractivity contribution in [2.45, 2.75) is 6.36 Å². The molecule has 10 heteroatoms. The van der Waals surface area contributed by atoms with Crippen LogP contribution >= 0.6 is 15.9 Å². The predicted octanol–water partition coefficient (Wildman–Crippen LogP) is 4.70. The number of nitro benzene ring substituents is 1. The van der Waals surface area contributed by atoms with Crippen molar-refractivity contribution in [3.63, 3.8) is 0 Å². The molecule has 0 aromatic heterocycles. The van der Waals surface area contributed by atoms with E-state index in [4.69, 9.17) is 0 Å². The summed E-state index contributed by atoms with van der Waals surface area (Å²) in [6, 6.07) is 11.0. The van der Waals surface area contributed by atoms with Gasteiger partial charge in [-0.05, 0) is 34.1 Å². The summed E-state index contributed by atoms with van der Waals surface area (Å²) in [5.41, 5.74) is 2.75. The highest BCUT2D eigenvalue weighted by Crippen LogP contribution is 2.39. The van der Waals surface area contributed by atoms with Gasteiger partial charge in [0.15, 0.2) is 0 Å². The van der Waals surface area contributed by atoms with E-state index in [-0.39, 0.29) is 10.0 Å². The minimum absolute atomic E-state index is 0.213. The molecular formula is C14H9BrF3N3O3. The number of anilines is 1. The zero-order valence-electron chi connectivity index (χ0n) is 11.7. The van der Waals surface area contributed by atoms with E-state index in [1.165, 1.54) is 12.3 Å². The van der Waals surface area contributed by atoms with E-state index in [9.17, 15) is 23.3 Å². The summed E-state index contributed by atoms with van der Waals surface area (Å²) in [5.74, 6) is -0.916. The predicted molar refractivity (Wildman–Crippen MR) is 85.1 cm³/mol. The monoisotopic (exact) mass is 403 g/mol. The molecule has 24 heavy (non-hydrogen) atoms. The number of hydrogen-bond donors (Lipinski definition) is 1. The number of hydrazone groups is 1. The molecule has 0 bridgehead atoms. The Morgan fingerprint density at radius 3 is 2.50 bits per heavy atom. The molecule has 0 amide bonds. The van der Waals surface area contributed by atoms with Crippen molar-refractivity contribution in [3.8, 4) is 5.75 Å². The second-order valence-corrected chi connectivity index (χ2v) is 5.25. The largest absolute Gasteiger partial charge is 0.573 e. The second-order valence-electron chi connectivity index (χ2n) is 4.39. The minimum Gasteiger partial charge on any atom is -0.397 e. The van der Waals surface area contributed by atoms with Gasteiger partial charge in [-0.25, -0.2) is 0 Å². The first kappa shape index (κ1) is 17.7. The molecule has 2 aromatic rings. The molecule has 0 radical (unpaired) electrons. The zero-order chi connectivity index (χ0) is 17.7. The molecule has 0 unspecified atom stereocenters. The van der Waals surface area contributed by atoms with Crippen LogP contribution in [0.5, 0.6) is 5.75 Å². The van der Waals surface area contributed by atoms with E-state index in [0.717, 1.165) is 6.07 Å². The van der Waals surface area contributed by atoms with E-state index in [1.54, 1.807) is 24.3 Å². The van der Waals surface area contributed by atoms with Gasteiger partial charge in [0, 0.05) is 11.6 Å². The first-order valence-electron chi connectivity index (χ1n) is 6.34. The fraction of sp³-hybridized carbons (Fsp3) is 0.0714. The summed E-state index contributed by atoms with van der Waals surface area (Å²) in [4.78, 5) is 10.0. The Balaban J connectivity index is 2.27. The lowest BCUT2D eigenvalue weighted by Crippen LogP contribution is -2.18. The van der Waals surface area contributed by atoms with Crippen LogP contribution in [-0.4, -0.2) is 17.5 Å². The molecule has 0 fully saturated rings. The van der Waals surface area contributed by atoms with Crippen molar-refractivity contribution in [3.05, 3.63) is 62.6 Å². The standard InChI is InChI=1S/C14H9BrF3N3O3/c15-11-6-9(8-19-20-10-4-2-1-3-5-10)7-12(21(22)23)13(11)24-14(16,17)18/h1-8,20H. The Bertz CT molecular complexity index is 767. The third-order valence-corrected chi connectivity index (χ3v) is 3.23. The molecule has 2 aromatic carbocycles. The van der Waals surface area contributed by atoms with Crippen LogP contribution in [0.15, 0.2) is 52.0 Å². The lowest BCUT2D eigenvalue weighted by Gasteiger charge is -2.11. The summed E-state index contributed by atoms with van der Waals surface area (Å²) < 4.78 is 40.6. The maximum atomic E-state index is 12.4. The van der Waals surface area contributed by atoms with E-state index in [2.05, 4.69) is 31.2 Å². The van der Waals surface area contributed by atoms with Crippen molar-refractivity contribution in [2.75, 3.05) is 5.43 Å². The first-order valence-corrected chi connectivity index (χ1v) is 7.13. The average Bonchev–Trinajstić information content (AvgIpc) is 2.49. The number of nitrogens with one attached hydrogen (secondary N) is 1. The van der Waals surface area contributed by atoms with Crippen LogP contribution in [0, 0.1) is 10.1 Å². The number of benzene rings is 2. The smallest absolute Gasteiger partial charge is 0.397 e. The van der Waals surface area contributed by atoms with E-state index in [1.807, 2.05) is 6.07 Å². The van der Waals surface area contributed by atoms with Crippen molar-refractivity contribution < 1.29 is 22.8 Å². The van der Waals surface area contributed by atoms with E-state index < -0.39 is 22.7 Å². The van der Waals surface area contributed by atoms with Gasteiger partial charge in [0.05, 0.1) is 21.3 Å². The Hall–Kier alpha value is -2.62. The summed E-state index contributed by atoms with van der Waals surface area (Å²) in [6.07, 6.45) is -3.81. The molecule has 0 atom stereocenters. The van der Waals surface area contributed by atoms with Gasteiger partial charge >= 0.3 is 12.0 Å². The molecule has 0 saturated heterocycles. The third kappa shape index (κ3) is 4.95. The number of alkyl halides is 3. The van der Waals surface area contributed by atoms with Crippen molar-refractivity contribution >= 4 is 33.5 Å². The summed E-state index contributed by atoms with van der Waals surface area (Å²) in [7, 11) is 0. The molecule has 0 spiro atoms. The van der Waals surface area contributed by atoms with Gasteiger partial charge < -0.3 is 4.74 Å². The van der Waals surface area contributed by atoms with Crippen LogP contribution < -0.4 is 10.2 Å². The number of ether oxygens (including phenoxy) is 1. The lowest BCUT2D eigenvalue weighted by molar-refractivity contribution is -0.388. The van der Waals surface area contributed by atoms with Gasteiger partial charge in [-0.2, -0.15) is 5.10 Å². The van der Waals surface area contributed by atoms with Gasteiger partial charge in [0.25, 0.3) is 0 Å². The first-order chi connectivity index (χ1) is 11.3. The molecule has 0 heterocycles. The number of rotatable bonds is 5. The SMILES string of the molecule is O=[N+]([O-])c1cc(C=NNc2ccccc2)cc(Br)c1OC(F)(F)F. The summed E-state index contributed by atoms with van der Waals surface area (Å²) in [5, 5.41) is 14.9. The molecule has 2 rings (SSSR count). The van der Waals surface area contributed by atoms with Crippen LogP contribution in [0.25, 0.3) is 0 Å². The molecular weight excluding hydrogens is 395 g/mol. The number of halogens is 4. The van der Waals surface area contributed by atoms with Crippen molar-refractivity contribution in [1.82, 2.24) is 0 Å². The van der Waals surface area contributed by atoms with E-state index >= 15 is 0 Å². The van der Waals surface area contributed by atoms with Gasteiger partial charge in [0.1, 0.15) is 0 Å². The van der Waals surface area contributed by atoms with Crippen molar-refractivity contribution in [1.29, 1.82) is 0 Å². The third-order valence-electron chi connectivity index (χ3n) is 2.64. The number of hydrogen-bond acceptors (Lipinski definition) is 5. The van der Waals surface area contributed by atoms with Crippen LogP contribution in [0.2, 0.25) is 0 Å². The highest BCUT2D eigenvalue weighted by atomic mass is 79.9. The number of nitro groups is 1. The quantitative estimate of drug-likeness (QED) is 0.445. The lowest BCUT2D eigenvalue weighted by atomic mass is 10.2. The Kier molecular flexibility index (Phi) is 5.39. The van der Waals surface area contributed by atoms with Gasteiger partial charge in [0.2, 0.25) is 5.75 Å². The van der Waals surface area contributed by atoms with Gasteiger partial charge in [-0.15, -0.1) is 13.2 Å². The maximum absolute atomic E-state index is 12.4. The van der Waals surface area contributed by atoms with Crippen molar-refractivity contribution in [2.24, 2.45) is 5.10 Å². The maximum Gasteiger partial charge on any atom is 0.573 e. The second kappa shape index (κ2) is 7.30. The Morgan fingerprint density at radius 1 is 1.25 bits per heavy atom. The highest BCUT2D eigenvalue weighted by molar-refractivity contribution is 9.10. The molecule has 6 nitrogen and oxygen atoms in total. The fourth-order valence-corrected chi connectivity index (χ4v) is 2.27. The van der Waals surface area contributed by atoms with Gasteiger partial charge in [-0.3, -0.25) is 15.5 Å². The zero-order valence-corrected chi connectivity index (χ0v) is 13.3. The molecule has 1 N–H and O–H groups in total. The molecule has 0 aliphatic heterocycles. The highest BCUT2D eigenvalue weighted by Gasteiger charge is 2.36. The number of nitrogens with zero attached hydrogens (tertiary/aromatic N) is 2.